The Bertz CT molecular complexity index is 1180. The van der Waals surface area contributed by atoms with Gasteiger partial charge in [-0.2, -0.15) is 26.3 Å². The molecule has 5 nitrogen and oxygen atoms in total. The highest BCUT2D eigenvalue weighted by Gasteiger charge is 2.67. The summed E-state index contributed by atoms with van der Waals surface area (Å²) in [5.41, 5.74) is -2.91. The van der Waals surface area contributed by atoms with Crippen LogP contribution in [0.5, 0.6) is 11.5 Å². The first-order valence-corrected chi connectivity index (χ1v) is 10.6. The quantitative estimate of drug-likeness (QED) is 0.580. The van der Waals surface area contributed by atoms with E-state index in [2.05, 4.69) is 15.1 Å². The molecule has 1 fully saturated rings. The highest BCUT2D eigenvalue weighted by atomic mass is 19.4. The van der Waals surface area contributed by atoms with Crippen LogP contribution < -0.4 is 9.47 Å². The molecule has 0 unspecified atom stereocenters. The van der Waals surface area contributed by atoms with E-state index < -0.39 is 46.4 Å². The molecule has 2 bridgehead atoms. The van der Waals surface area contributed by atoms with Crippen LogP contribution in [0.25, 0.3) is 0 Å². The molecule has 0 amide bonds. The molecule has 6 rings (SSSR count). The van der Waals surface area contributed by atoms with Gasteiger partial charge in [-0.3, -0.25) is 0 Å². The molecule has 1 saturated heterocycles. The van der Waals surface area contributed by atoms with Gasteiger partial charge >= 0.3 is 12.4 Å². The van der Waals surface area contributed by atoms with E-state index in [0.717, 1.165) is 11.1 Å². The molecule has 0 N–H and O–H groups in total. The lowest BCUT2D eigenvalue weighted by Crippen LogP contribution is -2.62. The van der Waals surface area contributed by atoms with Gasteiger partial charge in [-0.25, -0.2) is 0 Å². The van der Waals surface area contributed by atoms with Gasteiger partial charge in [0, 0.05) is 22.6 Å². The predicted molar refractivity (Wildman–Crippen MR) is 102 cm³/mol. The van der Waals surface area contributed by atoms with Crippen LogP contribution in [0.4, 0.5) is 26.3 Å². The lowest BCUT2D eigenvalue weighted by atomic mass is 9.51. The number of nitrogens with zero attached hydrogens (tertiary/aromatic N) is 3. The summed E-state index contributed by atoms with van der Waals surface area (Å²) in [6.07, 6.45) is -10.3. The molecule has 1 aromatic carbocycles. The Morgan fingerprint density at radius 2 is 1.76 bits per heavy atom. The van der Waals surface area contributed by atoms with Crippen LogP contribution in [0, 0.1) is 5.92 Å². The number of rotatable bonds is 1. The first kappa shape index (κ1) is 21.0. The zero-order valence-corrected chi connectivity index (χ0v) is 17.6. The van der Waals surface area contributed by atoms with Crippen molar-refractivity contribution in [1.82, 2.24) is 15.1 Å². The predicted octanol–water partition coefficient (Wildman–Crippen LogP) is 4.33. The van der Waals surface area contributed by atoms with Crippen molar-refractivity contribution in [3.63, 3.8) is 0 Å². The first-order chi connectivity index (χ1) is 15.5. The number of likely N-dealkylation sites (tertiary alicyclic amines) is 1. The molecule has 2 aliphatic carbocycles. The van der Waals surface area contributed by atoms with Gasteiger partial charge in [0.1, 0.15) is 6.10 Å². The molecular formula is C22H19F6N3O2. The number of hydrogen-bond donors (Lipinski definition) is 0. The van der Waals surface area contributed by atoms with E-state index in [0.29, 0.717) is 30.9 Å². The van der Waals surface area contributed by atoms with Gasteiger partial charge < -0.3 is 14.4 Å². The van der Waals surface area contributed by atoms with Crippen molar-refractivity contribution >= 4 is 0 Å². The zero-order valence-electron chi connectivity index (χ0n) is 17.6. The van der Waals surface area contributed by atoms with Crippen LogP contribution in [-0.2, 0) is 30.6 Å². The fraction of sp³-hybridized carbons (Fsp3) is 0.545. The minimum Gasteiger partial charge on any atom is -0.493 e. The highest BCUT2D eigenvalue weighted by Crippen LogP contribution is 2.68. The third-order valence-corrected chi connectivity index (χ3v) is 7.94. The third-order valence-electron chi connectivity index (χ3n) is 7.94. The van der Waals surface area contributed by atoms with Gasteiger partial charge in [-0.15, -0.1) is 10.2 Å². The summed E-state index contributed by atoms with van der Waals surface area (Å²) in [5, 5.41) is 6.09. The van der Waals surface area contributed by atoms with Gasteiger partial charge in [0.05, 0.1) is 7.11 Å². The molecule has 2 aliphatic heterocycles. The first-order valence-electron chi connectivity index (χ1n) is 10.6. The number of alkyl halides is 6. The maximum atomic E-state index is 14.0. The summed E-state index contributed by atoms with van der Waals surface area (Å²) in [6, 6.07) is 3.46. The Morgan fingerprint density at radius 1 is 1.06 bits per heavy atom. The van der Waals surface area contributed by atoms with E-state index in [1.165, 1.54) is 7.11 Å². The van der Waals surface area contributed by atoms with Crippen LogP contribution in [0.1, 0.15) is 46.2 Å². The zero-order chi connectivity index (χ0) is 23.5. The normalized spacial score (nSPS) is 29.9. The van der Waals surface area contributed by atoms with Gasteiger partial charge in [0.25, 0.3) is 0 Å². The van der Waals surface area contributed by atoms with Crippen LogP contribution in [0.2, 0.25) is 0 Å². The van der Waals surface area contributed by atoms with Crippen molar-refractivity contribution in [2.75, 3.05) is 20.7 Å². The molecule has 3 heterocycles. The summed E-state index contributed by atoms with van der Waals surface area (Å²) in [5.74, 6) is 0.335. The van der Waals surface area contributed by atoms with Crippen LogP contribution in [0.15, 0.2) is 12.1 Å². The maximum absolute atomic E-state index is 14.0. The van der Waals surface area contributed by atoms with E-state index in [4.69, 9.17) is 9.47 Å². The number of benzene rings is 1. The second-order valence-corrected chi connectivity index (χ2v) is 9.27. The minimum atomic E-state index is -4.98. The van der Waals surface area contributed by atoms with Gasteiger partial charge in [-0.05, 0) is 56.0 Å². The van der Waals surface area contributed by atoms with Crippen molar-refractivity contribution in [1.29, 1.82) is 0 Å². The number of likely N-dealkylation sites (N-methyl/N-ethyl adjacent to an activating group) is 1. The van der Waals surface area contributed by atoms with E-state index in [-0.39, 0.29) is 18.4 Å². The van der Waals surface area contributed by atoms with Crippen LogP contribution in [-0.4, -0.2) is 41.8 Å². The second kappa shape index (κ2) is 6.31. The largest absolute Gasteiger partial charge is 0.493 e. The van der Waals surface area contributed by atoms with E-state index in [1.807, 2.05) is 13.1 Å². The summed E-state index contributed by atoms with van der Waals surface area (Å²) >= 11 is 0. The summed E-state index contributed by atoms with van der Waals surface area (Å²) in [4.78, 5) is 2.09. The minimum absolute atomic E-state index is 0.131. The Kier molecular flexibility index (Phi) is 4.02. The number of piperidine rings is 1. The maximum Gasteiger partial charge on any atom is 0.435 e. The third kappa shape index (κ3) is 2.54. The smallest absolute Gasteiger partial charge is 0.435 e. The standard InChI is InChI=1S/C22H19F6N3O2/c1-31-6-5-20-11-8-10-14(18(22(26,27)28)30-29-17(10)21(23,24)25)19(20)33-16-13(32-2)4-3-9(15(16)20)7-12(11)31/h3-4,11-12,19H,5-8H2,1-2H3/t11-,12-,19-,20-/m0/s1. The Labute approximate surface area is 184 Å². The fourth-order valence-corrected chi connectivity index (χ4v) is 6.70. The summed E-state index contributed by atoms with van der Waals surface area (Å²) in [7, 11) is 3.34. The van der Waals surface area contributed by atoms with E-state index in [9.17, 15) is 26.3 Å². The number of ether oxygens (including phenoxy) is 2. The summed E-state index contributed by atoms with van der Waals surface area (Å²) in [6.45, 7) is 0.596. The van der Waals surface area contributed by atoms with Crippen molar-refractivity contribution < 1.29 is 35.8 Å². The molecule has 4 aliphatic rings. The van der Waals surface area contributed by atoms with Crippen molar-refractivity contribution in [2.24, 2.45) is 5.92 Å². The van der Waals surface area contributed by atoms with Crippen LogP contribution in [0.3, 0.4) is 0 Å². The topological polar surface area (TPSA) is 47.5 Å². The van der Waals surface area contributed by atoms with Gasteiger partial charge in [-0.1, -0.05) is 6.07 Å². The summed E-state index contributed by atoms with van der Waals surface area (Å²) < 4.78 is 95.4. The molecule has 4 atom stereocenters. The fourth-order valence-electron chi connectivity index (χ4n) is 6.70. The molecule has 11 heteroatoms. The van der Waals surface area contributed by atoms with Crippen molar-refractivity contribution in [3.05, 3.63) is 45.8 Å². The average molecular weight is 471 g/mol. The second-order valence-electron chi connectivity index (χ2n) is 9.27. The lowest BCUT2D eigenvalue weighted by Gasteiger charge is -2.57. The van der Waals surface area contributed by atoms with Crippen LogP contribution >= 0.6 is 0 Å². The number of fused-ring (bicyclic) bond motifs is 2. The Morgan fingerprint density at radius 3 is 2.42 bits per heavy atom. The monoisotopic (exact) mass is 471 g/mol. The van der Waals surface area contributed by atoms with Crippen molar-refractivity contribution in [2.45, 2.75) is 49.2 Å². The molecule has 33 heavy (non-hydrogen) atoms. The SMILES string of the molecule is COc1ccc2c3c1O[C@H]1c4c(C(F)(F)F)nnc(C(F)(F)F)c4C[C@H]4[C@H](C2)N(C)CC[C@]314. The van der Waals surface area contributed by atoms with Gasteiger partial charge in [0.2, 0.25) is 0 Å². The molecule has 0 radical (unpaired) electrons. The number of halogens is 6. The number of methoxy groups -OCH3 is 1. The molecule has 1 spiro atoms. The van der Waals surface area contributed by atoms with E-state index >= 15 is 0 Å². The molecule has 0 saturated carbocycles. The van der Waals surface area contributed by atoms with Gasteiger partial charge in [0.15, 0.2) is 22.9 Å². The molecule has 176 valence electrons. The Balaban J connectivity index is 1.70. The van der Waals surface area contributed by atoms with E-state index in [1.54, 1.807) is 6.07 Å². The number of hydrogen-bond acceptors (Lipinski definition) is 5. The van der Waals surface area contributed by atoms with Crippen molar-refractivity contribution in [3.8, 4) is 11.5 Å². The molecule has 2 aromatic rings. The highest BCUT2D eigenvalue weighted by molar-refractivity contribution is 5.64. The lowest BCUT2D eigenvalue weighted by molar-refractivity contribution is -0.151. The molecule has 1 aromatic heterocycles. The average Bonchev–Trinajstić information content (AvgIpc) is 3.08. The Hall–Kier alpha value is -2.56. The number of aromatic nitrogens is 2. The molecular weight excluding hydrogens is 452 g/mol.